The van der Waals surface area contributed by atoms with E-state index in [1.54, 1.807) is 4.90 Å². The van der Waals surface area contributed by atoms with Gasteiger partial charge in [0.2, 0.25) is 11.8 Å². The Kier molecular flexibility index (Phi) is 6.49. The van der Waals surface area contributed by atoms with Crippen molar-refractivity contribution in [3.8, 4) is 0 Å². The van der Waals surface area contributed by atoms with Crippen molar-refractivity contribution < 1.29 is 18.4 Å². The van der Waals surface area contributed by atoms with Crippen molar-refractivity contribution in [2.75, 3.05) is 0 Å². The summed E-state index contributed by atoms with van der Waals surface area (Å²) in [4.78, 5) is 27.1. The maximum absolute atomic E-state index is 13.6. The van der Waals surface area contributed by atoms with Gasteiger partial charge in [-0.25, -0.2) is 8.78 Å². The highest BCUT2D eigenvalue weighted by molar-refractivity contribution is 6.01. The molecule has 0 aromatic heterocycles. The lowest BCUT2D eigenvalue weighted by molar-refractivity contribution is -0.126. The van der Waals surface area contributed by atoms with Crippen molar-refractivity contribution in [1.29, 1.82) is 0 Å². The third-order valence-corrected chi connectivity index (χ3v) is 8.27. The zero-order valence-electron chi connectivity index (χ0n) is 19.8. The molecule has 2 N–H and O–H groups in total. The molecule has 1 saturated heterocycles. The van der Waals surface area contributed by atoms with Crippen LogP contribution in [0.25, 0.3) is 0 Å². The van der Waals surface area contributed by atoms with Crippen LogP contribution in [0.1, 0.15) is 85.7 Å². The highest BCUT2D eigenvalue weighted by atomic mass is 19.3. The maximum Gasteiger partial charge on any atom is 0.255 e. The van der Waals surface area contributed by atoms with Gasteiger partial charge in [0.25, 0.3) is 5.91 Å². The fourth-order valence-corrected chi connectivity index (χ4v) is 6.32. The first-order chi connectivity index (χ1) is 16.3. The molecule has 7 heteroatoms. The molecule has 0 unspecified atom stereocenters. The van der Waals surface area contributed by atoms with Gasteiger partial charge in [-0.05, 0) is 68.1 Å². The summed E-state index contributed by atoms with van der Waals surface area (Å²) in [5.41, 5.74) is 3.62. The maximum atomic E-state index is 13.6. The molecule has 1 aromatic carbocycles. The van der Waals surface area contributed by atoms with Gasteiger partial charge in [-0.2, -0.15) is 0 Å². The average Bonchev–Trinajstić information content (AvgIpc) is 3.12. The Morgan fingerprint density at radius 3 is 2.62 bits per heavy atom. The third-order valence-electron chi connectivity index (χ3n) is 8.27. The Balaban J connectivity index is 1.24. The molecule has 0 bridgehead atoms. The SMILES string of the molecule is C=C1CC[C@H](N2Cc3cc(C[C@H]4CCCC[C@@H]4NC4CCC(F)(F)CC4)ccc3C2=O)C(=O)N1. The van der Waals surface area contributed by atoms with Crippen LogP contribution in [0.5, 0.6) is 0 Å². The first-order valence-electron chi connectivity index (χ1n) is 12.8. The number of fused-ring (bicyclic) bond motifs is 1. The number of carbonyl (C=O) groups excluding carboxylic acids is 2. The molecule has 2 aliphatic heterocycles. The molecule has 2 heterocycles. The number of alkyl halides is 2. The van der Waals surface area contributed by atoms with Crippen LogP contribution >= 0.6 is 0 Å². The van der Waals surface area contributed by atoms with Crippen LogP contribution in [0.2, 0.25) is 0 Å². The van der Waals surface area contributed by atoms with Gasteiger partial charge in [0, 0.05) is 42.7 Å². The van der Waals surface area contributed by atoms with Gasteiger partial charge in [-0.1, -0.05) is 31.6 Å². The largest absolute Gasteiger partial charge is 0.329 e. The summed E-state index contributed by atoms with van der Waals surface area (Å²) in [7, 11) is 0. The van der Waals surface area contributed by atoms with Crippen molar-refractivity contribution in [2.24, 2.45) is 5.92 Å². The summed E-state index contributed by atoms with van der Waals surface area (Å²) in [5.74, 6) is -2.24. The normalized spacial score (nSPS) is 29.8. The monoisotopic (exact) mass is 471 g/mol. The molecule has 184 valence electrons. The van der Waals surface area contributed by atoms with E-state index in [0.717, 1.165) is 24.8 Å². The molecule has 5 rings (SSSR count). The number of nitrogens with zero attached hydrogens (tertiary/aromatic N) is 1. The molecule has 34 heavy (non-hydrogen) atoms. The Hall–Kier alpha value is -2.28. The van der Waals surface area contributed by atoms with E-state index in [1.807, 2.05) is 6.07 Å². The topological polar surface area (TPSA) is 61.4 Å². The minimum absolute atomic E-state index is 0.00939. The molecule has 5 nitrogen and oxygen atoms in total. The summed E-state index contributed by atoms with van der Waals surface area (Å²) in [6.07, 6.45) is 7.92. The van der Waals surface area contributed by atoms with Gasteiger partial charge in [-0.3, -0.25) is 9.59 Å². The molecule has 0 radical (unpaired) electrons. The molecule has 2 aliphatic carbocycles. The Morgan fingerprint density at radius 1 is 1.09 bits per heavy atom. The standard InChI is InChI=1S/C27H35F2N3O2/c1-17-6-9-24(25(33)30-17)32-16-20-15-18(7-8-22(20)26(32)34)14-19-4-2-3-5-23(19)31-21-10-12-27(28,29)13-11-21/h7-8,15,19,21,23-24,31H,1-6,9-14,16H2,(H,30,33)/t19-,23+,24+/m1/s1. The van der Waals surface area contributed by atoms with Gasteiger partial charge >= 0.3 is 0 Å². The number of hydrogen-bond donors (Lipinski definition) is 2. The van der Waals surface area contributed by atoms with Crippen LogP contribution in [0, 0.1) is 5.92 Å². The highest BCUT2D eigenvalue weighted by Gasteiger charge is 2.39. The molecule has 0 spiro atoms. The first kappa shape index (κ1) is 23.5. The number of piperidine rings is 1. The zero-order chi connectivity index (χ0) is 23.9. The lowest BCUT2D eigenvalue weighted by Crippen LogP contribution is -2.49. The molecular formula is C27H35F2N3O2. The summed E-state index contributed by atoms with van der Waals surface area (Å²) < 4.78 is 27.1. The summed E-state index contributed by atoms with van der Waals surface area (Å²) >= 11 is 0. The van der Waals surface area contributed by atoms with Crippen LogP contribution < -0.4 is 10.6 Å². The highest BCUT2D eigenvalue weighted by Crippen LogP contribution is 2.36. The zero-order valence-corrected chi connectivity index (χ0v) is 19.8. The van der Waals surface area contributed by atoms with Crippen LogP contribution in [0.4, 0.5) is 8.78 Å². The molecule has 3 atom stereocenters. The van der Waals surface area contributed by atoms with Crippen molar-refractivity contribution in [2.45, 2.75) is 101 Å². The van der Waals surface area contributed by atoms with Crippen LogP contribution in [-0.2, 0) is 17.8 Å². The van der Waals surface area contributed by atoms with Crippen LogP contribution in [0.15, 0.2) is 30.5 Å². The van der Waals surface area contributed by atoms with E-state index < -0.39 is 12.0 Å². The number of benzene rings is 1. The second-order valence-corrected chi connectivity index (χ2v) is 10.7. The predicted octanol–water partition coefficient (Wildman–Crippen LogP) is 4.70. The number of amides is 2. The summed E-state index contributed by atoms with van der Waals surface area (Å²) in [6.45, 7) is 4.29. The van der Waals surface area contributed by atoms with Crippen molar-refractivity contribution in [3.63, 3.8) is 0 Å². The summed E-state index contributed by atoms with van der Waals surface area (Å²) in [6, 6.07) is 6.21. The molecule has 1 aromatic rings. The number of nitrogens with one attached hydrogen (secondary N) is 2. The fraction of sp³-hybridized carbons (Fsp3) is 0.630. The van der Waals surface area contributed by atoms with E-state index >= 15 is 0 Å². The van der Waals surface area contributed by atoms with Gasteiger partial charge in [-0.15, -0.1) is 0 Å². The van der Waals surface area contributed by atoms with E-state index in [1.165, 1.54) is 18.4 Å². The lowest BCUT2D eigenvalue weighted by atomic mass is 9.79. The molecule has 3 fully saturated rings. The Bertz CT molecular complexity index is 969. The average molecular weight is 472 g/mol. The summed E-state index contributed by atoms with van der Waals surface area (Å²) in [5, 5.41) is 6.52. The van der Waals surface area contributed by atoms with E-state index in [-0.39, 0.29) is 30.7 Å². The molecular weight excluding hydrogens is 436 g/mol. The van der Waals surface area contributed by atoms with Crippen LogP contribution in [-0.4, -0.2) is 40.8 Å². The Labute approximate surface area is 200 Å². The molecule has 2 amide bonds. The quantitative estimate of drug-likeness (QED) is 0.654. The predicted molar refractivity (Wildman–Crippen MR) is 126 cm³/mol. The fourth-order valence-electron chi connectivity index (χ4n) is 6.32. The van der Waals surface area contributed by atoms with E-state index in [9.17, 15) is 18.4 Å². The van der Waals surface area contributed by atoms with E-state index in [4.69, 9.17) is 0 Å². The van der Waals surface area contributed by atoms with Crippen molar-refractivity contribution >= 4 is 11.8 Å². The number of hydrogen-bond acceptors (Lipinski definition) is 3. The minimum Gasteiger partial charge on any atom is -0.329 e. The number of carbonyl (C=O) groups is 2. The smallest absolute Gasteiger partial charge is 0.255 e. The van der Waals surface area contributed by atoms with Crippen molar-refractivity contribution in [3.05, 3.63) is 47.2 Å². The second kappa shape index (κ2) is 9.40. The Morgan fingerprint density at radius 2 is 1.85 bits per heavy atom. The van der Waals surface area contributed by atoms with E-state index in [0.29, 0.717) is 55.4 Å². The van der Waals surface area contributed by atoms with E-state index in [2.05, 4.69) is 29.3 Å². The van der Waals surface area contributed by atoms with Crippen LogP contribution in [0.3, 0.4) is 0 Å². The number of rotatable bonds is 5. The lowest BCUT2D eigenvalue weighted by Gasteiger charge is -2.38. The molecule has 4 aliphatic rings. The van der Waals surface area contributed by atoms with Gasteiger partial charge < -0.3 is 15.5 Å². The van der Waals surface area contributed by atoms with Gasteiger partial charge in [0.15, 0.2) is 0 Å². The first-order valence-corrected chi connectivity index (χ1v) is 12.8. The van der Waals surface area contributed by atoms with Gasteiger partial charge in [0.05, 0.1) is 0 Å². The van der Waals surface area contributed by atoms with Gasteiger partial charge in [0.1, 0.15) is 6.04 Å². The minimum atomic E-state index is -2.49. The number of allylic oxidation sites excluding steroid dienone is 1. The number of halogens is 2. The third kappa shape index (κ3) is 4.90. The molecule has 2 saturated carbocycles. The van der Waals surface area contributed by atoms with Crippen molar-refractivity contribution in [1.82, 2.24) is 15.5 Å². The second-order valence-electron chi connectivity index (χ2n) is 10.7.